The van der Waals surface area contributed by atoms with Crippen LogP contribution in [0.4, 0.5) is 0 Å². The molecule has 0 atom stereocenters. The van der Waals surface area contributed by atoms with Gasteiger partial charge in [0.25, 0.3) is 0 Å². The van der Waals surface area contributed by atoms with Crippen molar-refractivity contribution in [2.75, 3.05) is 6.61 Å². The number of benzene rings is 2. The smallest absolute Gasteiger partial charge is 0.338 e. The van der Waals surface area contributed by atoms with Gasteiger partial charge < -0.3 is 9.84 Å². The Morgan fingerprint density at radius 3 is 2.18 bits per heavy atom. The molecule has 0 aliphatic carbocycles. The van der Waals surface area contributed by atoms with Gasteiger partial charge in [0, 0.05) is 5.56 Å². The number of carbonyl (C=O) groups excluding carboxylic acids is 2. The van der Waals surface area contributed by atoms with Gasteiger partial charge in [-0.2, -0.15) is 0 Å². The molecule has 2 aromatic carbocycles. The Morgan fingerprint density at radius 1 is 0.955 bits per heavy atom. The minimum atomic E-state index is -0.613. The summed E-state index contributed by atoms with van der Waals surface area (Å²) in [6.45, 7) is -0.496. The number of aliphatic hydroxyl groups excluding tert-OH is 1. The maximum absolute atomic E-state index is 11.9. The molecule has 0 fully saturated rings. The summed E-state index contributed by atoms with van der Waals surface area (Å²) in [5, 5.41) is 9.54. The number of aliphatic hydroxyl groups is 1. The van der Waals surface area contributed by atoms with Gasteiger partial charge in [-0.1, -0.05) is 35.3 Å². The van der Waals surface area contributed by atoms with E-state index in [2.05, 4.69) is 0 Å². The van der Waals surface area contributed by atoms with Crippen molar-refractivity contribution < 1.29 is 19.4 Å². The molecule has 0 aromatic heterocycles. The average molecular weight is 339 g/mol. The third-order valence-corrected chi connectivity index (χ3v) is 3.69. The number of rotatable bonds is 5. The van der Waals surface area contributed by atoms with Crippen molar-refractivity contribution in [3.05, 3.63) is 69.2 Å². The number of hydrogen-bond acceptors (Lipinski definition) is 4. The van der Waals surface area contributed by atoms with Gasteiger partial charge in [0.2, 0.25) is 0 Å². The van der Waals surface area contributed by atoms with E-state index in [0.29, 0.717) is 21.7 Å². The average Bonchev–Trinajstić information content (AvgIpc) is 2.54. The van der Waals surface area contributed by atoms with Gasteiger partial charge in [0.1, 0.15) is 0 Å². The lowest BCUT2D eigenvalue weighted by atomic mass is 10.1. The van der Waals surface area contributed by atoms with Gasteiger partial charge in [-0.3, -0.25) is 4.79 Å². The first-order valence-corrected chi connectivity index (χ1v) is 7.12. The minimum absolute atomic E-state index is 0.106. The van der Waals surface area contributed by atoms with E-state index in [4.69, 9.17) is 33.0 Å². The maximum Gasteiger partial charge on any atom is 0.338 e. The molecule has 0 spiro atoms. The first kappa shape index (κ1) is 16.5. The minimum Gasteiger partial charge on any atom is -0.454 e. The van der Waals surface area contributed by atoms with E-state index in [1.165, 1.54) is 30.3 Å². The van der Waals surface area contributed by atoms with Gasteiger partial charge in [0.15, 0.2) is 12.4 Å². The second kappa shape index (κ2) is 7.40. The Balaban J connectivity index is 1.97. The number of Topliss-reactive ketones (excluding diaryl/α,β-unsaturated/α-hetero) is 1. The Hall–Kier alpha value is -1.88. The van der Waals surface area contributed by atoms with Crippen LogP contribution in [0.1, 0.15) is 26.3 Å². The summed E-state index contributed by atoms with van der Waals surface area (Å²) >= 11 is 11.6. The summed E-state index contributed by atoms with van der Waals surface area (Å²) in [7, 11) is 0. The Labute approximate surface area is 137 Å². The van der Waals surface area contributed by atoms with Crippen molar-refractivity contribution in [3.63, 3.8) is 0 Å². The fourth-order valence-electron chi connectivity index (χ4n) is 1.71. The van der Waals surface area contributed by atoms with Gasteiger partial charge in [-0.05, 0) is 35.9 Å². The molecule has 0 unspecified atom stereocenters. The molecule has 0 saturated carbocycles. The van der Waals surface area contributed by atoms with E-state index < -0.39 is 12.6 Å². The van der Waals surface area contributed by atoms with Crippen LogP contribution < -0.4 is 0 Å². The third-order valence-electron chi connectivity index (χ3n) is 2.95. The molecule has 1 N–H and O–H groups in total. The maximum atomic E-state index is 11.9. The highest BCUT2D eigenvalue weighted by Crippen LogP contribution is 2.22. The highest BCUT2D eigenvalue weighted by molar-refractivity contribution is 6.42. The number of ether oxygens (including phenoxy) is 1. The highest BCUT2D eigenvalue weighted by Gasteiger charge is 2.13. The van der Waals surface area contributed by atoms with Crippen molar-refractivity contribution in [1.29, 1.82) is 0 Å². The van der Waals surface area contributed by atoms with Crippen molar-refractivity contribution >= 4 is 35.0 Å². The van der Waals surface area contributed by atoms with Gasteiger partial charge in [0.05, 0.1) is 22.2 Å². The molecule has 6 heteroatoms. The Bertz CT molecular complexity index is 696. The first-order chi connectivity index (χ1) is 10.5. The van der Waals surface area contributed by atoms with Crippen LogP contribution in [0.2, 0.25) is 10.0 Å². The molecule has 0 radical (unpaired) electrons. The summed E-state index contributed by atoms with van der Waals surface area (Å²) in [5.74, 6) is -0.989. The van der Waals surface area contributed by atoms with Crippen LogP contribution in [0, 0.1) is 0 Å². The lowest BCUT2D eigenvalue weighted by Gasteiger charge is -2.06. The van der Waals surface area contributed by atoms with E-state index in [9.17, 15) is 9.59 Å². The molecule has 2 rings (SSSR count). The molecule has 0 saturated heterocycles. The van der Waals surface area contributed by atoms with E-state index in [-0.39, 0.29) is 17.4 Å². The van der Waals surface area contributed by atoms with Crippen LogP contribution >= 0.6 is 23.2 Å². The second-order valence-electron chi connectivity index (χ2n) is 4.48. The molecular formula is C16H12Cl2O4. The van der Waals surface area contributed by atoms with Crippen molar-refractivity contribution in [2.24, 2.45) is 0 Å². The number of esters is 1. The van der Waals surface area contributed by atoms with Crippen molar-refractivity contribution in [1.82, 2.24) is 0 Å². The quantitative estimate of drug-likeness (QED) is 0.669. The van der Waals surface area contributed by atoms with Crippen molar-refractivity contribution in [2.45, 2.75) is 6.61 Å². The zero-order chi connectivity index (χ0) is 16.1. The lowest BCUT2D eigenvalue weighted by Crippen LogP contribution is -2.14. The summed E-state index contributed by atoms with van der Waals surface area (Å²) in [5.41, 5.74) is 1.31. The van der Waals surface area contributed by atoms with Crippen LogP contribution in [0.5, 0.6) is 0 Å². The van der Waals surface area contributed by atoms with Crippen LogP contribution in [0.25, 0.3) is 0 Å². The monoisotopic (exact) mass is 338 g/mol. The van der Waals surface area contributed by atoms with E-state index >= 15 is 0 Å². The molecule has 2 aromatic rings. The summed E-state index contributed by atoms with van der Waals surface area (Å²) in [6.07, 6.45) is 0. The number of halogens is 2. The molecule has 0 heterocycles. The molecule has 4 nitrogen and oxygen atoms in total. The normalized spacial score (nSPS) is 10.3. The summed E-state index contributed by atoms with van der Waals surface area (Å²) in [4.78, 5) is 23.7. The topological polar surface area (TPSA) is 63.6 Å². The predicted molar refractivity (Wildman–Crippen MR) is 83.4 cm³/mol. The predicted octanol–water partition coefficient (Wildman–Crippen LogP) is 3.53. The second-order valence-corrected chi connectivity index (χ2v) is 5.30. The molecule has 0 aliphatic heterocycles. The molecular weight excluding hydrogens is 327 g/mol. The largest absolute Gasteiger partial charge is 0.454 e. The van der Waals surface area contributed by atoms with E-state index in [0.717, 1.165) is 0 Å². The van der Waals surface area contributed by atoms with Gasteiger partial charge in [-0.25, -0.2) is 4.79 Å². The highest BCUT2D eigenvalue weighted by atomic mass is 35.5. The zero-order valence-corrected chi connectivity index (χ0v) is 12.9. The zero-order valence-electron chi connectivity index (χ0n) is 11.4. The molecule has 0 aliphatic rings. The van der Waals surface area contributed by atoms with Crippen LogP contribution in [0.15, 0.2) is 42.5 Å². The van der Waals surface area contributed by atoms with E-state index in [1.54, 1.807) is 12.1 Å². The van der Waals surface area contributed by atoms with Gasteiger partial charge in [-0.15, -0.1) is 0 Å². The summed E-state index contributed by atoms with van der Waals surface area (Å²) < 4.78 is 4.96. The SMILES string of the molecule is O=C(COC(=O)c1ccc(CO)cc1)c1ccc(Cl)c(Cl)c1. The molecule has 0 bridgehead atoms. The van der Waals surface area contributed by atoms with Crippen molar-refractivity contribution in [3.8, 4) is 0 Å². The first-order valence-electron chi connectivity index (χ1n) is 6.36. The van der Waals surface area contributed by atoms with E-state index in [1.807, 2.05) is 0 Å². The third kappa shape index (κ3) is 4.07. The summed E-state index contributed by atoms with van der Waals surface area (Å²) in [6, 6.07) is 10.7. The fourth-order valence-corrected chi connectivity index (χ4v) is 2.01. The Morgan fingerprint density at radius 2 is 1.59 bits per heavy atom. The molecule has 22 heavy (non-hydrogen) atoms. The lowest BCUT2D eigenvalue weighted by molar-refractivity contribution is 0.0474. The standard InChI is InChI=1S/C16H12Cl2O4/c17-13-6-5-12(7-14(13)18)15(20)9-22-16(21)11-3-1-10(8-19)2-4-11/h1-7,19H,8-9H2. The Kier molecular flexibility index (Phi) is 5.55. The molecule has 114 valence electrons. The van der Waals surface area contributed by atoms with Gasteiger partial charge >= 0.3 is 5.97 Å². The molecule has 0 amide bonds. The fraction of sp³-hybridized carbons (Fsp3) is 0.125. The number of hydrogen-bond donors (Lipinski definition) is 1. The van der Waals surface area contributed by atoms with Crippen LogP contribution in [0.3, 0.4) is 0 Å². The van der Waals surface area contributed by atoms with Crippen LogP contribution in [-0.2, 0) is 11.3 Å². The number of carbonyl (C=O) groups is 2. The number of ketones is 1. The van der Waals surface area contributed by atoms with Crippen LogP contribution in [-0.4, -0.2) is 23.5 Å².